The molecule has 0 heterocycles. The molecular formula is C21H21NO. The van der Waals surface area contributed by atoms with Gasteiger partial charge in [-0.05, 0) is 41.3 Å². The number of phenols is 1. The van der Waals surface area contributed by atoms with E-state index in [1.54, 1.807) is 0 Å². The summed E-state index contributed by atoms with van der Waals surface area (Å²) in [4.78, 5) is 0. The van der Waals surface area contributed by atoms with Gasteiger partial charge < -0.3 is 10.8 Å². The second kappa shape index (κ2) is 6.57. The van der Waals surface area contributed by atoms with Gasteiger partial charge in [0.25, 0.3) is 0 Å². The predicted octanol–water partition coefficient (Wildman–Crippen LogP) is 4.46. The third kappa shape index (κ3) is 3.72. The summed E-state index contributed by atoms with van der Waals surface area (Å²) in [6.45, 7) is 2.08. The second-order valence-corrected chi connectivity index (χ2v) is 6.01. The highest BCUT2D eigenvalue weighted by Gasteiger charge is 2.08. The Bertz CT molecular complexity index is 723. The fourth-order valence-electron chi connectivity index (χ4n) is 2.71. The number of rotatable bonds is 4. The number of phenolic OH excluding ortho intramolecular Hbond substituents is 1. The molecule has 0 aliphatic carbocycles. The second-order valence-electron chi connectivity index (χ2n) is 6.01. The van der Waals surface area contributed by atoms with Crippen molar-refractivity contribution < 1.29 is 5.11 Å². The summed E-state index contributed by atoms with van der Waals surface area (Å²) in [5.74, 6) is 0.393. The Morgan fingerprint density at radius 2 is 1.22 bits per heavy atom. The highest BCUT2D eigenvalue weighted by atomic mass is 16.3. The smallest absolute Gasteiger partial charge is 0.122 e. The van der Waals surface area contributed by atoms with Crippen molar-refractivity contribution in [3.05, 3.63) is 94.5 Å². The first kappa shape index (κ1) is 15.2. The number of hydrogen-bond acceptors (Lipinski definition) is 2. The zero-order chi connectivity index (χ0) is 16.2. The standard InChI is InChI=1S/C21H21NO/c1-15-5-7-16(8-6-15)13-18-3-2-4-19(21(18)23)14-17-9-11-20(22)12-10-17/h2-12,23H,13-14,22H2,1H3. The lowest BCUT2D eigenvalue weighted by Crippen LogP contribution is -1.95. The molecule has 0 fully saturated rings. The number of aryl methyl sites for hydroxylation is 1. The molecule has 3 rings (SSSR count). The van der Waals surface area contributed by atoms with E-state index in [1.807, 2.05) is 42.5 Å². The first-order valence-electron chi connectivity index (χ1n) is 7.81. The van der Waals surface area contributed by atoms with Crippen LogP contribution in [0.3, 0.4) is 0 Å². The molecular weight excluding hydrogens is 282 g/mol. The summed E-state index contributed by atoms with van der Waals surface area (Å²) < 4.78 is 0. The van der Waals surface area contributed by atoms with Crippen molar-refractivity contribution in [1.82, 2.24) is 0 Å². The average Bonchev–Trinajstić information content (AvgIpc) is 2.55. The van der Waals surface area contributed by atoms with Gasteiger partial charge in [-0.1, -0.05) is 60.2 Å². The van der Waals surface area contributed by atoms with Crippen LogP contribution in [0, 0.1) is 6.92 Å². The van der Waals surface area contributed by atoms with Crippen molar-refractivity contribution in [1.29, 1.82) is 0 Å². The van der Waals surface area contributed by atoms with Gasteiger partial charge in [0.05, 0.1) is 0 Å². The van der Waals surface area contributed by atoms with Gasteiger partial charge in [0, 0.05) is 18.5 Å². The van der Waals surface area contributed by atoms with Crippen LogP contribution in [0.4, 0.5) is 5.69 Å². The Morgan fingerprint density at radius 1 is 0.739 bits per heavy atom. The Hall–Kier alpha value is -2.74. The summed E-state index contributed by atoms with van der Waals surface area (Å²) in [5, 5.41) is 10.6. The maximum absolute atomic E-state index is 10.6. The van der Waals surface area contributed by atoms with Crippen LogP contribution in [-0.2, 0) is 12.8 Å². The van der Waals surface area contributed by atoms with Gasteiger partial charge >= 0.3 is 0 Å². The minimum absolute atomic E-state index is 0.393. The van der Waals surface area contributed by atoms with E-state index in [0.717, 1.165) is 28.8 Å². The molecule has 0 saturated carbocycles. The van der Waals surface area contributed by atoms with E-state index in [2.05, 4.69) is 31.2 Å². The minimum Gasteiger partial charge on any atom is -0.507 e. The van der Waals surface area contributed by atoms with Crippen LogP contribution in [0.2, 0.25) is 0 Å². The van der Waals surface area contributed by atoms with Crippen molar-refractivity contribution in [3.8, 4) is 5.75 Å². The molecule has 0 unspecified atom stereocenters. The van der Waals surface area contributed by atoms with Crippen LogP contribution in [-0.4, -0.2) is 5.11 Å². The molecule has 116 valence electrons. The Morgan fingerprint density at radius 3 is 1.74 bits per heavy atom. The molecule has 0 aliphatic heterocycles. The monoisotopic (exact) mass is 303 g/mol. The van der Waals surface area contributed by atoms with Crippen LogP contribution < -0.4 is 5.73 Å². The van der Waals surface area contributed by atoms with Gasteiger partial charge in [-0.3, -0.25) is 0 Å². The molecule has 0 bridgehead atoms. The maximum Gasteiger partial charge on any atom is 0.122 e. The fourth-order valence-corrected chi connectivity index (χ4v) is 2.71. The van der Waals surface area contributed by atoms with E-state index in [9.17, 15) is 5.11 Å². The van der Waals surface area contributed by atoms with Gasteiger partial charge in [-0.2, -0.15) is 0 Å². The Kier molecular flexibility index (Phi) is 4.33. The number of para-hydroxylation sites is 1. The quantitative estimate of drug-likeness (QED) is 0.699. The summed E-state index contributed by atoms with van der Waals surface area (Å²) in [6, 6.07) is 22.2. The first-order valence-corrected chi connectivity index (χ1v) is 7.81. The molecule has 0 atom stereocenters. The van der Waals surface area contributed by atoms with E-state index < -0.39 is 0 Å². The van der Waals surface area contributed by atoms with Crippen LogP contribution in [0.5, 0.6) is 5.75 Å². The number of hydrogen-bond donors (Lipinski definition) is 2. The van der Waals surface area contributed by atoms with E-state index >= 15 is 0 Å². The van der Waals surface area contributed by atoms with Crippen molar-refractivity contribution in [3.63, 3.8) is 0 Å². The average molecular weight is 303 g/mol. The summed E-state index contributed by atoms with van der Waals surface area (Å²) in [7, 11) is 0. The van der Waals surface area contributed by atoms with Crippen molar-refractivity contribution in [2.45, 2.75) is 19.8 Å². The Labute approximate surface area is 137 Å². The van der Waals surface area contributed by atoms with Crippen molar-refractivity contribution in [2.24, 2.45) is 0 Å². The molecule has 0 radical (unpaired) electrons. The minimum atomic E-state index is 0.393. The largest absolute Gasteiger partial charge is 0.507 e. The third-order valence-electron chi connectivity index (χ3n) is 4.09. The molecule has 3 aromatic rings. The number of aromatic hydroxyl groups is 1. The molecule has 3 aromatic carbocycles. The number of benzene rings is 3. The molecule has 0 amide bonds. The van der Waals surface area contributed by atoms with Crippen LogP contribution in [0.1, 0.15) is 27.8 Å². The SMILES string of the molecule is Cc1ccc(Cc2cccc(Cc3ccc(N)cc3)c2O)cc1. The molecule has 2 heteroatoms. The first-order chi connectivity index (χ1) is 11.1. The fraction of sp³-hybridized carbons (Fsp3) is 0.143. The zero-order valence-electron chi connectivity index (χ0n) is 13.3. The third-order valence-corrected chi connectivity index (χ3v) is 4.09. The lowest BCUT2D eigenvalue weighted by atomic mass is 9.97. The highest BCUT2D eigenvalue weighted by Crippen LogP contribution is 2.27. The maximum atomic E-state index is 10.6. The van der Waals surface area contributed by atoms with E-state index in [0.29, 0.717) is 12.2 Å². The normalized spacial score (nSPS) is 10.7. The molecule has 0 aromatic heterocycles. The highest BCUT2D eigenvalue weighted by molar-refractivity contribution is 5.46. The molecule has 2 nitrogen and oxygen atoms in total. The molecule has 0 saturated heterocycles. The lowest BCUT2D eigenvalue weighted by Gasteiger charge is -2.11. The van der Waals surface area contributed by atoms with Crippen molar-refractivity contribution in [2.75, 3.05) is 5.73 Å². The summed E-state index contributed by atoms with van der Waals surface area (Å²) in [5.41, 5.74) is 12.0. The molecule has 0 spiro atoms. The van der Waals surface area contributed by atoms with E-state index in [-0.39, 0.29) is 0 Å². The topological polar surface area (TPSA) is 46.2 Å². The van der Waals surface area contributed by atoms with Crippen LogP contribution >= 0.6 is 0 Å². The Balaban J connectivity index is 1.83. The van der Waals surface area contributed by atoms with Gasteiger partial charge in [0.15, 0.2) is 0 Å². The predicted molar refractivity (Wildman–Crippen MR) is 95.8 cm³/mol. The van der Waals surface area contributed by atoms with E-state index in [4.69, 9.17) is 5.73 Å². The van der Waals surface area contributed by atoms with E-state index in [1.165, 1.54) is 11.1 Å². The zero-order valence-corrected chi connectivity index (χ0v) is 13.3. The molecule has 0 aliphatic rings. The van der Waals surface area contributed by atoms with Crippen LogP contribution in [0.25, 0.3) is 0 Å². The number of nitrogens with two attached hydrogens (primary N) is 1. The summed E-state index contributed by atoms with van der Waals surface area (Å²) >= 11 is 0. The van der Waals surface area contributed by atoms with Crippen molar-refractivity contribution >= 4 is 5.69 Å². The number of anilines is 1. The van der Waals surface area contributed by atoms with Crippen LogP contribution in [0.15, 0.2) is 66.7 Å². The number of nitrogen functional groups attached to an aromatic ring is 1. The summed E-state index contributed by atoms with van der Waals surface area (Å²) in [6.07, 6.45) is 1.44. The molecule has 23 heavy (non-hydrogen) atoms. The van der Waals surface area contributed by atoms with Gasteiger partial charge in [0.2, 0.25) is 0 Å². The van der Waals surface area contributed by atoms with Gasteiger partial charge in [-0.15, -0.1) is 0 Å². The lowest BCUT2D eigenvalue weighted by molar-refractivity contribution is 0.463. The van der Waals surface area contributed by atoms with Gasteiger partial charge in [-0.25, -0.2) is 0 Å². The molecule has 3 N–H and O–H groups in total. The van der Waals surface area contributed by atoms with Gasteiger partial charge in [0.1, 0.15) is 5.75 Å².